The molecule has 1 aromatic rings. The van der Waals surface area contributed by atoms with Crippen LogP contribution in [0.2, 0.25) is 0 Å². The summed E-state index contributed by atoms with van der Waals surface area (Å²) in [4.78, 5) is 1.66. The summed E-state index contributed by atoms with van der Waals surface area (Å²) in [5.41, 5.74) is 0.594. The maximum Gasteiger partial charge on any atom is 0.211 e. The van der Waals surface area contributed by atoms with E-state index in [9.17, 15) is 12.8 Å². The fourth-order valence-corrected chi connectivity index (χ4v) is 3.19. The Morgan fingerprint density at radius 1 is 1.16 bits per heavy atom. The Bertz CT molecular complexity index is 527. The largest absolute Gasteiger partial charge is 0.268 e. The number of sulfonamides is 1. The van der Waals surface area contributed by atoms with Gasteiger partial charge in [0.2, 0.25) is 10.0 Å². The molecule has 1 unspecified atom stereocenters. The highest BCUT2D eigenvalue weighted by Gasteiger charge is 2.28. The zero-order chi connectivity index (χ0) is 14.0. The third-order valence-corrected chi connectivity index (χ3v) is 5.04. The maximum atomic E-state index is 14.3. The van der Waals surface area contributed by atoms with Gasteiger partial charge in [0.05, 0.1) is 6.26 Å². The van der Waals surface area contributed by atoms with Crippen molar-refractivity contribution in [2.45, 2.75) is 6.30 Å². The van der Waals surface area contributed by atoms with Crippen LogP contribution in [0.3, 0.4) is 0 Å². The van der Waals surface area contributed by atoms with Crippen LogP contribution in [-0.4, -0.2) is 50.1 Å². The molecule has 0 aromatic heterocycles. The van der Waals surface area contributed by atoms with Gasteiger partial charge in [-0.15, -0.1) is 0 Å². The van der Waals surface area contributed by atoms with Gasteiger partial charge in [-0.2, -0.15) is 4.31 Å². The van der Waals surface area contributed by atoms with Crippen LogP contribution in [0.4, 0.5) is 4.39 Å². The van der Waals surface area contributed by atoms with Crippen LogP contribution in [0.5, 0.6) is 0 Å². The second-order valence-corrected chi connectivity index (χ2v) is 7.48. The van der Waals surface area contributed by atoms with Gasteiger partial charge in [0.15, 0.2) is 6.30 Å². The van der Waals surface area contributed by atoms with E-state index in [-0.39, 0.29) is 0 Å². The van der Waals surface area contributed by atoms with Crippen molar-refractivity contribution in [3.63, 3.8) is 0 Å². The van der Waals surface area contributed by atoms with E-state index in [4.69, 9.17) is 0 Å². The zero-order valence-electron chi connectivity index (χ0n) is 10.6. The van der Waals surface area contributed by atoms with Crippen molar-refractivity contribution >= 4 is 26.0 Å². The molecule has 2 rings (SSSR count). The van der Waals surface area contributed by atoms with E-state index < -0.39 is 16.3 Å². The number of alkyl halides is 1. The summed E-state index contributed by atoms with van der Waals surface area (Å²) in [6, 6.07) is 7.07. The number of hydrogen-bond acceptors (Lipinski definition) is 3. The Labute approximate surface area is 121 Å². The van der Waals surface area contributed by atoms with E-state index in [1.807, 2.05) is 0 Å². The van der Waals surface area contributed by atoms with Crippen molar-refractivity contribution in [2.24, 2.45) is 0 Å². The average Bonchev–Trinajstić information content (AvgIpc) is 2.38. The van der Waals surface area contributed by atoms with Crippen molar-refractivity contribution in [3.05, 3.63) is 34.3 Å². The number of piperazine rings is 1. The molecular formula is C12H16BrFN2O2S. The molecule has 19 heavy (non-hydrogen) atoms. The summed E-state index contributed by atoms with van der Waals surface area (Å²) >= 11 is 3.31. The Hall–Kier alpha value is -0.500. The molecule has 0 saturated carbocycles. The van der Waals surface area contributed by atoms with E-state index >= 15 is 0 Å². The van der Waals surface area contributed by atoms with Gasteiger partial charge in [-0.25, -0.2) is 12.8 Å². The Morgan fingerprint density at radius 2 is 1.68 bits per heavy atom. The summed E-state index contributed by atoms with van der Waals surface area (Å²) in [5.74, 6) is 0. The van der Waals surface area contributed by atoms with Crippen LogP contribution in [-0.2, 0) is 10.0 Å². The first-order valence-electron chi connectivity index (χ1n) is 5.96. The highest BCUT2D eigenvalue weighted by Crippen LogP contribution is 2.25. The smallest absolute Gasteiger partial charge is 0.211 e. The molecule has 7 heteroatoms. The lowest BCUT2D eigenvalue weighted by Gasteiger charge is -2.35. The molecule has 106 valence electrons. The molecule has 0 bridgehead atoms. The minimum atomic E-state index is -3.17. The quantitative estimate of drug-likeness (QED) is 0.782. The molecule has 1 atom stereocenters. The molecule has 1 aliphatic rings. The first-order valence-corrected chi connectivity index (χ1v) is 8.61. The summed E-state index contributed by atoms with van der Waals surface area (Å²) in [6.45, 7) is 1.50. The Morgan fingerprint density at radius 3 is 2.16 bits per heavy atom. The van der Waals surface area contributed by atoms with Crippen molar-refractivity contribution in [1.29, 1.82) is 0 Å². The second-order valence-electron chi connectivity index (χ2n) is 4.59. The fourth-order valence-electron chi connectivity index (χ4n) is 2.09. The highest BCUT2D eigenvalue weighted by atomic mass is 79.9. The normalized spacial score (nSPS) is 20.4. The first-order chi connectivity index (χ1) is 8.88. The van der Waals surface area contributed by atoms with Crippen LogP contribution in [0.1, 0.15) is 11.9 Å². The molecule has 0 spiro atoms. The predicted molar refractivity (Wildman–Crippen MR) is 76.0 cm³/mol. The second kappa shape index (κ2) is 5.87. The van der Waals surface area contributed by atoms with Gasteiger partial charge in [-0.3, -0.25) is 4.90 Å². The van der Waals surface area contributed by atoms with Gasteiger partial charge >= 0.3 is 0 Å². The number of rotatable bonds is 3. The topological polar surface area (TPSA) is 40.6 Å². The zero-order valence-corrected chi connectivity index (χ0v) is 13.0. The van der Waals surface area contributed by atoms with Crippen LogP contribution < -0.4 is 0 Å². The van der Waals surface area contributed by atoms with E-state index in [0.29, 0.717) is 31.7 Å². The third kappa shape index (κ3) is 3.75. The molecular weight excluding hydrogens is 335 g/mol. The third-order valence-electron chi connectivity index (χ3n) is 3.21. The van der Waals surface area contributed by atoms with Gasteiger partial charge < -0.3 is 0 Å². The molecule has 1 saturated heterocycles. The SMILES string of the molecule is CS(=O)(=O)N1CCN(C(F)c2ccc(Br)cc2)CC1. The van der Waals surface area contributed by atoms with Gasteiger partial charge in [0.1, 0.15) is 0 Å². The minimum absolute atomic E-state index is 0.343. The van der Waals surface area contributed by atoms with Crippen molar-refractivity contribution in [3.8, 4) is 0 Å². The van der Waals surface area contributed by atoms with Crippen LogP contribution in [0.15, 0.2) is 28.7 Å². The molecule has 0 N–H and O–H groups in total. The van der Waals surface area contributed by atoms with Gasteiger partial charge in [0, 0.05) is 36.2 Å². The highest BCUT2D eigenvalue weighted by molar-refractivity contribution is 9.10. The summed E-state index contributed by atoms with van der Waals surface area (Å²) in [6.07, 6.45) is -0.000528. The predicted octanol–water partition coefficient (Wildman–Crippen LogP) is 1.99. The van der Waals surface area contributed by atoms with Crippen LogP contribution in [0, 0.1) is 0 Å². The average molecular weight is 351 g/mol. The molecule has 0 amide bonds. The van der Waals surface area contributed by atoms with Crippen molar-refractivity contribution in [2.75, 3.05) is 32.4 Å². The van der Waals surface area contributed by atoms with Crippen LogP contribution >= 0.6 is 15.9 Å². The molecule has 4 nitrogen and oxygen atoms in total. The summed E-state index contributed by atoms with van der Waals surface area (Å²) in [5, 5.41) is 0. The summed E-state index contributed by atoms with van der Waals surface area (Å²) < 4.78 is 39.4. The molecule has 1 heterocycles. The van der Waals surface area contributed by atoms with E-state index in [0.717, 1.165) is 4.47 Å². The molecule has 1 aromatic carbocycles. The van der Waals surface area contributed by atoms with Gasteiger partial charge in [-0.1, -0.05) is 28.1 Å². The number of hydrogen-bond donors (Lipinski definition) is 0. The number of nitrogens with zero attached hydrogens (tertiary/aromatic N) is 2. The fraction of sp³-hybridized carbons (Fsp3) is 0.500. The standard InChI is InChI=1S/C12H16BrFN2O2S/c1-19(17,18)16-8-6-15(7-9-16)12(14)10-2-4-11(13)5-3-10/h2-5,12H,6-9H2,1H3. The Balaban J connectivity index is 1.99. The van der Waals surface area contributed by atoms with Crippen LogP contribution in [0.25, 0.3) is 0 Å². The van der Waals surface area contributed by atoms with Crippen molar-refractivity contribution in [1.82, 2.24) is 9.21 Å². The van der Waals surface area contributed by atoms with Crippen molar-refractivity contribution < 1.29 is 12.8 Å². The maximum absolute atomic E-state index is 14.3. The van der Waals surface area contributed by atoms with Gasteiger partial charge in [-0.05, 0) is 12.1 Å². The molecule has 1 fully saturated rings. The lowest BCUT2D eigenvalue weighted by Crippen LogP contribution is -2.48. The Kier molecular flexibility index (Phi) is 4.60. The lowest BCUT2D eigenvalue weighted by molar-refractivity contribution is 0.0517. The number of benzene rings is 1. The van der Waals surface area contributed by atoms with Gasteiger partial charge in [0.25, 0.3) is 0 Å². The first kappa shape index (κ1) is 14.9. The molecule has 0 aliphatic carbocycles. The van der Waals surface area contributed by atoms with E-state index in [1.54, 1.807) is 29.2 Å². The lowest BCUT2D eigenvalue weighted by atomic mass is 10.2. The monoisotopic (exact) mass is 350 g/mol. The molecule has 0 radical (unpaired) electrons. The molecule has 1 aliphatic heterocycles. The van der Waals surface area contributed by atoms with E-state index in [2.05, 4.69) is 15.9 Å². The number of halogens is 2. The van der Waals surface area contributed by atoms with E-state index in [1.165, 1.54) is 10.6 Å². The summed E-state index contributed by atoms with van der Waals surface area (Å²) in [7, 11) is -3.17. The minimum Gasteiger partial charge on any atom is -0.268 e.